The first-order chi connectivity index (χ1) is 23.0. The van der Waals surface area contributed by atoms with Gasteiger partial charge in [0, 0.05) is 0 Å². The summed E-state index contributed by atoms with van der Waals surface area (Å²) in [4.78, 5) is 0. The van der Waals surface area contributed by atoms with Crippen molar-refractivity contribution in [2.24, 2.45) is 0 Å². The molecule has 262 valence electrons. The van der Waals surface area contributed by atoms with Crippen molar-refractivity contribution < 1.29 is 23.3 Å². The number of halogens is 2. The summed E-state index contributed by atoms with van der Waals surface area (Å²) in [6, 6.07) is 51.1. The summed E-state index contributed by atoms with van der Waals surface area (Å²) in [5.41, 5.74) is 9.59. The molecule has 8 aromatic carbocycles. The number of fused-ring (bicyclic) bond motifs is 4. The van der Waals surface area contributed by atoms with E-state index < -0.39 is 0 Å². The third-order valence-corrected chi connectivity index (χ3v) is 9.24. The van der Waals surface area contributed by atoms with Crippen LogP contribution in [0, 0.1) is 21.8 Å². The molecule has 0 nitrogen and oxygen atoms in total. The van der Waals surface area contributed by atoms with Crippen LogP contribution in [0.3, 0.4) is 0 Å². The standard InChI is InChI=1S/C23H21.C22H19.2CH3.2ClH.Si.Zr/c1-3-7-17-12-13-21(23-15-16(2)14-22(17)23)20-11-6-9-18-8-4-5-10-19(18)20;1-15(2)18-13-17-9-6-12-21(22(17)14-18)20-11-5-8-16-7-3-4-10-19(16)20;;;;;;/h4-6,8-15H,3,7H2,1-2H3;3-15H,1-2H3;2*1H3;2*1H;;/q4*-1;;;;. The summed E-state index contributed by atoms with van der Waals surface area (Å²) < 4.78 is 0. The second-order valence-corrected chi connectivity index (χ2v) is 12.7. The van der Waals surface area contributed by atoms with E-state index in [2.05, 4.69) is 174 Å². The summed E-state index contributed by atoms with van der Waals surface area (Å²) in [7, 11) is 0. The van der Waals surface area contributed by atoms with Crippen molar-refractivity contribution in [3.63, 3.8) is 0 Å². The van der Waals surface area contributed by atoms with Crippen LogP contribution in [0.2, 0.25) is 0 Å². The second-order valence-electron chi connectivity index (χ2n) is 12.7. The zero-order valence-electron chi connectivity index (χ0n) is 30.6. The number of hydrogen-bond donors (Lipinski definition) is 0. The Hall–Kier alpha value is -3.26. The van der Waals surface area contributed by atoms with E-state index in [1.54, 1.807) is 0 Å². The van der Waals surface area contributed by atoms with Gasteiger partial charge in [0.25, 0.3) is 0 Å². The molecular formula is C47H48Cl2SiZr-4. The van der Waals surface area contributed by atoms with Crippen LogP contribution in [0.1, 0.15) is 49.8 Å². The average Bonchev–Trinajstić information content (AvgIpc) is 3.74. The summed E-state index contributed by atoms with van der Waals surface area (Å²) in [5, 5.41) is 10.8. The van der Waals surface area contributed by atoms with Gasteiger partial charge < -0.3 is 14.9 Å². The number of rotatable bonds is 5. The zero-order chi connectivity index (χ0) is 32.9. The minimum absolute atomic E-state index is 0. The van der Waals surface area contributed by atoms with E-state index in [0.717, 1.165) is 6.42 Å². The molecule has 0 N–H and O–H groups in total. The van der Waals surface area contributed by atoms with Gasteiger partial charge >= 0.3 is 30.2 Å². The molecule has 0 saturated carbocycles. The summed E-state index contributed by atoms with van der Waals surface area (Å²) >= 11 is 1.36. The van der Waals surface area contributed by atoms with Gasteiger partial charge in [-0.3, -0.25) is 0 Å². The van der Waals surface area contributed by atoms with E-state index in [9.17, 15) is 0 Å². The fourth-order valence-electron chi connectivity index (χ4n) is 6.97. The molecule has 4 heteroatoms. The van der Waals surface area contributed by atoms with Gasteiger partial charge in [-0.15, -0.1) is 93.4 Å². The van der Waals surface area contributed by atoms with Crippen molar-refractivity contribution in [3.8, 4) is 22.3 Å². The van der Waals surface area contributed by atoms with Crippen LogP contribution >= 0.6 is 24.8 Å². The summed E-state index contributed by atoms with van der Waals surface area (Å²) in [5.74, 6) is 0.563. The van der Waals surface area contributed by atoms with Crippen LogP contribution in [-0.4, -0.2) is 6.88 Å². The van der Waals surface area contributed by atoms with Gasteiger partial charge in [-0.1, -0.05) is 149 Å². The summed E-state index contributed by atoms with van der Waals surface area (Å²) in [6.07, 6.45) is 2.34. The quantitative estimate of drug-likeness (QED) is 0.120. The number of aryl methyl sites for hydroxylation is 2. The van der Waals surface area contributed by atoms with Crippen LogP contribution in [0.25, 0.3) is 65.3 Å². The van der Waals surface area contributed by atoms with Gasteiger partial charge in [0.2, 0.25) is 0 Å². The zero-order valence-corrected chi connectivity index (χ0v) is 35.7. The predicted octanol–water partition coefficient (Wildman–Crippen LogP) is 14.5. The first-order valence-electron chi connectivity index (χ1n) is 16.6. The normalized spacial score (nSPS) is 10.2. The van der Waals surface area contributed by atoms with Crippen LogP contribution < -0.4 is 0 Å². The fraction of sp³-hybridized carbons (Fsp3) is 0.149. The van der Waals surface area contributed by atoms with Crippen molar-refractivity contribution in [1.29, 1.82) is 0 Å². The van der Waals surface area contributed by atoms with Crippen molar-refractivity contribution in [1.82, 2.24) is 0 Å². The molecule has 0 bridgehead atoms. The molecule has 8 aromatic rings. The Morgan fingerprint density at radius 3 is 1.61 bits per heavy atom. The molecule has 0 aliphatic rings. The van der Waals surface area contributed by atoms with Crippen molar-refractivity contribution in [2.45, 2.75) is 46.5 Å². The molecule has 0 aromatic heterocycles. The molecule has 0 heterocycles. The molecule has 0 fully saturated rings. The number of benzene rings is 6. The molecule has 0 unspecified atom stereocenters. The van der Waals surface area contributed by atoms with E-state index in [0.29, 0.717) is 5.92 Å². The van der Waals surface area contributed by atoms with Gasteiger partial charge in [-0.25, -0.2) is 0 Å². The molecule has 2 radical (unpaired) electrons. The molecule has 8 rings (SSSR count). The molecule has 0 atom stereocenters. The van der Waals surface area contributed by atoms with E-state index in [1.807, 2.05) is 0 Å². The van der Waals surface area contributed by atoms with E-state index in [4.69, 9.17) is 0 Å². The molecule has 0 saturated heterocycles. The maximum absolute atomic E-state index is 3.06. The van der Waals surface area contributed by atoms with E-state index in [1.165, 1.54) is 112 Å². The Bertz CT molecular complexity index is 2300. The third kappa shape index (κ3) is 9.22. The minimum atomic E-state index is 0. The SMILES string of the molecule is CC(C)c1cc2c(-c3cccc4ccccc34)cccc2[cH-]1.CCCc1ccc(-c2cccc3ccccc23)c2cc(C)[cH-]c12.Cl.Cl.[CH3-].[CH3-].[Si]=[Zr]. The van der Waals surface area contributed by atoms with Gasteiger partial charge in [-0.05, 0) is 38.6 Å². The Morgan fingerprint density at radius 2 is 1.06 bits per heavy atom. The first kappa shape index (κ1) is 43.9. The van der Waals surface area contributed by atoms with Gasteiger partial charge in [0.1, 0.15) is 0 Å². The van der Waals surface area contributed by atoms with E-state index in [-0.39, 0.29) is 39.7 Å². The molecule has 0 spiro atoms. The van der Waals surface area contributed by atoms with Crippen LogP contribution in [0.4, 0.5) is 0 Å². The van der Waals surface area contributed by atoms with Gasteiger partial charge in [0.15, 0.2) is 0 Å². The monoisotopic (exact) mass is 800 g/mol. The maximum atomic E-state index is 3.06. The Balaban J connectivity index is 0.000000314. The molecular weight excluding hydrogens is 755 g/mol. The third-order valence-electron chi connectivity index (χ3n) is 9.24. The molecule has 0 amide bonds. The second kappa shape index (κ2) is 20.1. The van der Waals surface area contributed by atoms with Crippen molar-refractivity contribution in [3.05, 3.63) is 171 Å². The van der Waals surface area contributed by atoms with Crippen LogP contribution in [-0.2, 0) is 29.8 Å². The van der Waals surface area contributed by atoms with Gasteiger partial charge in [0.05, 0.1) is 0 Å². The summed E-state index contributed by atoms with van der Waals surface area (Å²) in [6.45, 7) is 12.0. The topological polar surface area (TPSA) is 0 Å². The molecule has 0 aliphatic carbocycles. The first-order valence-corrected chi connectivity index (χ1v) is 20.8. The van der Waals surface area contributed by atoms with E-state index >= 15 is 0 Å². The Labute approximate surface area is 335 Å². The predicted molar refractivity (Wildman–Crippen MR) is 231 cm³/mol. The Kier molecular flexibility index (Phi) is 17.3. The number of hydrogen-bond acceptors (Lipinski definition) is 0. The fourth-order valence-corrected chi connectivity index (χ4v) is 6.97. The van der Waals surface area contributed by atoms with Crippen LogP contribution in [0.5, 0.6) is 0 Å². The Morgan fingerprint density at radius 1 is 0.569 bits per heavy atom. The molecule has 51 heavy (non-hydrogen) atoms. The van der Waals surface area contributed by atoms with Crippen molar-refractivity contribution in [2.75, 3.05) is 0 Å². The van der Waals surface area contributed by atoms with Gasteiger partial charge in [-0.2, -0.15) is 12.1 Å². The van der Waals surface area contributed by atoms with Crippen LogP contribution in [0.15, 0.2) is 140 Å². The average molecular weight is 803 g/mol. The van der Waals surface area contributed by atoms with Crippen molar-refractivity contribution >= 4 is 74.8 Å². The molecule has 0 aliphatic heterocycles.